The third-order valence-electron chi connectivity index (χ3n) is 2.85. The normalized spacial score (nSPS) is 10.6. The lowest BCUT2D eigenvalue weighted by atomic mass is 10.2. The van der Waals surface area contributed by atoms with Crippen LogP contribution in [0.4, 0.5) is 5.69 Å². The van der Waals surface area contributed by atoms with Gasteiger partial charge in [0.15, 0.2) is 0 Å². The van der Waals surface area contributed by atoms with Gasteiger partial charge in [-0.1, -0.05) is 12.1 Å². The predicted octanol–water partition coefficient (Wildman–Crippen LogP) is 2.87. The number of hydrazone groups is 1. The molecule has 2 aromatic carbocycles. The molecule has 6 heteroatoms. The van der Waals surface area contributed by atoms with E-state index in [-0.39, 0.29) is 18.2 Å². The van der Waals surface area contributed by atoms with Crippen LogP contribution in [-0.2, 0) is 4.79 Å². The van der Waals surface area contributed by atoms with E-state index in [0.717, 1.165) is 14.8 Å². The molecule has 0 spiro atoms. The summed E-state index contributed by atoms with van der Waals surface area (Å²) in [5.74, 6) is -0.140. The van der Waals surface area contributed by atoms with E-state index in [9.17, 15) is 9.90 Å². The Bertz CT molecular complexity index is 702. The number of aromatic hydroxyl groups is 1. The molecule has 2 aromatic rings. The lowest BCUT2D eigenvalue weighted by molar-refractivity contribution is -0.119. The number of amides is 1. The smallest absolute Gasteiger partial charge is 0.259 e. The highest BCUT2D eigenvalue weighted by molar-refractivity contribution is 14.1. The Hall–Kier alpha value is -2.09. The number of phenols is 1. The number of carbonyl (C=O) groups is 1. The second-order valence-corrected chi connectivity index (χ2v) is 5.96. The molecule has 22 heavy (non-hydrogen) atoms. The molecular weight excluding hydrogens is 393 g/mol. The van der Waals surface area contributed by atoms with Crippen molar-refractivity contribution in [3.05, 3.63) is 57.2 Å². The first kappa shape index (κ1) is 16.3. The summed E-state index contributed by atoms with van der Waals surface area (Å²) in [4.78, 5) is 11.7. The van der Waals surface area contributed by atoms with Crippen molar-refractivity contribution in [1.29, 1.82) is 0 Å². The Morgan fingerprint density at radius 1 is 1.32 bits per heavy atom. The maximum absolute atomic E-state index is 11.7. The van der Waals surface area contributed by atoms with Crippen molar-refractivity contribution in [1.82, 2.24) is 5.43 Å². The summed E-state index contributed by atoms with van der Waals surface area (Å²) in [6, 6.07) is 12.9. The van der Waals surface area contributed by atoms with E-state index in [1.165, 1.54) is 6.21 Å². The van der Waals surface area contributed by atoms with Gasteiger partial charge in [-0.2, -0.15) is 5.10 Å². The quantitative estimate of drug-likeness (QED) is 0.404. The summed E-state index contributed by atoms with van der Waals surface area (Å²) in [5, 5.41) is 16.5. The Kier molecular flexibility index (Phi) is 5.76. The average molecular weight is 409 g/mol. The van der Waals surface area contributed by atoms with E-state index < -0.39 is 0 Å². The fraction of sp³-hybridized carbons (Fsp3) is 0.125. The third-order valence-corrected chi connectivity index (χ3v) is 3.52. The highest BCUT2D eigenvalue weighted by Gasteiger charge is 2.01. The van der Waals surface area contributed by atoms with Gasteiger partial charge in [0.2, 0.25) is 0 Å². The van der Waals surface area contributed by atoms with Crippen molar-refractivity contribution >= 4 is 40.4 Å². The van der Waals surface area contributed by atoms with Crippen molar-refractivity contribution in [2.75, 3.05) is 11.9 Å². The van der Waals surface area contributed by atoms with Gasteiger partial charge < -0.3 is 10.4 Å². The van der Waals surface area contributed by atoms with Crippen molar-refractivity contribution < 1.29 is 9.90 Å². The van der Waals surface area contributed by atoms with Crippen molar-refractivity contribution in [3.8, 4) is 5.75 Å². The summed E-state index contributed by atoms with van der Waals surface area (Å²) in [6.07, 6.45) is 1.42. The maximum atomic E-state index is 11.7. The number of nitrogens with zero attached hydrogens (tertiary/aromatic N) is 1. The highest BCUT2D eigenvalue weighted by Crippen LogP contribution is 2.17. The van der Waals surface area contributed by atoms with Crippen LogP contribution in [-0.4, -0.2) is 23.8 Å². The van der Waals surface area contributed by atoms with E-state index in [0.29, 0.717) is 5.56 Å². The summed E-state index contributed by atoms with van der Waals surface area (Å²) < 4.78 is 0.976. The lowest BCUT2D eigenvalue weighted by Gasteiger charge is -2.06. The minimum Gasteiger partial charge on any atom is -0.507 e. The number of anilines is 1. The maximum Gasteiger partial charge on any atom is 0.259 e. The zero-order valence-electron chi connectivity index (χ0n) is 12.0. The minimum atomic E-state index is -0.261. The second-order valence-electron chi connectivity index (χ2n) is 4.72. The van der Waals surface area contributed by atoms with E-state index in [1.807, 2.05) is 31.2 Å². The molecule has 0 radical (unpaired) electrons. The number of phenolic OH excluding ortho intramolecular Hbond substituents is 1. The predicted molar refractivity (Wildman–Crippen MR) is 96.2 cm³/mol. The van der Waals surface area contributed by atoms with Gasteiger partial charge in [0.25, 0.3) is 5.91 Å². The number of benzene rings is 2. The number of hydrogen-bond acceptors (Lipinski definition) is 4. The van der Waals surface area contributed by atoms with Crippen LogP contribution in [0.1, 0.15) is 11.1 Å². The Morgan fingerprint density at radius 2 is 2.14 bits per heavy atom. The van der Waals surface area contributed by atoms with Gasteiger partial charge >= 0.3 is 0 Å². The first-order valence-corrected chi connectivity index (χ1v) is 7.73. The average Bonchev–Trinajstić information content (AvgIpc) is 2.49. The van der Waals surface area contributed by atoms with Crippen molar-refractivity contribution in [3.63, 3.8) is 0 Å². The minimum absolute atomic E-state index is 0.122. The van der Waals surface area contributed by atoms with Gasteiger partial charge in [-0.25, -0.2) is 5.43 Å². The molecule has 0 atom stereocenters. The number of aryl methyl sites for hydroxylation is 1. The van der Waals surface area contributed by atoms with Crippen LogP contribution in [0.25, 0.3) is 0 Å². The summed E-state index contributed by atoms with van der Waals surface area (Å²) >= 11 is 2.14. The molecule has 0 bridgehead atoms. The van der Waals surface area contributed by atoms with E-state index >= 15 is 0 Å². The van der Waals surface area contributed by atoms with Crippen LogP contribution in [0.15, 0.2) is 47.6 Å². The van der Waals surface area contributed by atoms with Crippen molar-refractivity contribution in [2.45, 2.75) is 6.92 Å². The molecule has 0 unspecified atom stereocenters. The molecule has 0 heterocycles. The number of halogens is 1. The highest BCUT2D eigenvalue weighted by atomic mass is 127. The number of nitrogens with one attached hydrogen (secondary N) is 2. The fourth-order valence-corrected chi connectivity index (χ4v) is 2.29. The van der Waals surface area contributed by atoms with Gasteiger partial charge in [-0.15, -0.1) is 0 Å². The molecule has 114 valence electrons. The molecule has 0 aliphatic heterocycles. The van der Waals surface area contributed by atoms with Gasteiger partial charge in [0.05, 0.1) is 12.8 Å². The third kappa shape index (κ3) is 5.03. The largest absolute Gasteiger partial charge is 0.507 e. The summed E-state index contributed by atoms with van der Waals surface area (Å²) in [6.45, 7) is 2.11. The molecular formula is C16H16IN3O2. The molecule has 5 nitrogen and oxygen atoms in total. The molecule has 0 aromatic heterocycles. The number of carbonyl (C=O) groups excluding carboxylic acids is 1. The Morgan fingerprint density at radius 3 is 2.91 bits per heavy atom. The molecule has 3 N–H and O–H groups in total. The molecule has 1 amide bonds. The van der Waals surface area contributed by atoms with Crippen molar-refractivity contribution in [2.24, 2.45) is 5.10 Å². The standard InChI is InChI=1S/C16H16IN3O2/c1-11-3-2-4-14(7-11)18-10-16(22)20-19-9-12-8-13(17)5-6-15(12)21/h2-9,18,21H,10H2,1H3,(H,20,22)/b19-9+. The van der Waals surface area contributed by atoms with Gasteiger partial charge in [-0.3, -0.25) is 4.79 Å². The first-order chi connectivity index (χ1) is 10.5. The van der Waals surface area contributed by atoms with E-state index in [2.05, 4.69) is 38.4 Å². The molecule has 0 fully saturated rings. The van der Waals surface area contributed by atoms with E-state index in [1.54, 1.807) is 18.2 Å². The van der Waals surface area contributed by atoms with Crippen LogP contribution in [0, 0.1) is 10.5 Å². The molecule has 2 rings (SSSR count). The monoisotopic (exact) mass is 409 g/mol. The Labute approximate surface area is 142 Å². The summed E-state index contributed by atoms with van der Waals surface area (Å²) in [7, 11) is 0. The van der Waals surface area contributed by atoms with Crippen LogP contribution in [0.5, 0.6) is 5.75 Å². The lowest BCUT2D eigenvalue weighted by Crippen LogP contribution is -2.25. The van der Waals surface area contributed by atoms with E-state index in [4.69, 9.17) is 0 Å². The van der Waals surface area contributed by atoms with Crippen LogP contribution in [0.2, 0.25) is 0 Å². The second kappa shape index (κ2) is 7.79. The fourth-order valence-electron chi connectivity index (χ4n) is 1.78. The summed E-state index contributed by atoms with van der Waals surface area (Å²) in [5.41, 5.74) is 4.98. The Balaban J connectivity index is 1.85. The molecule has 0 saturated carbocycles. The number of rotatable bonds is 5. The van der Waals surface area contributed by atoms with Gasteiger partial charge in [-0.05, 0) is 65.4 Å². The first-order valence-electron chi connectivity index (χ1n) is 6.65. The molecule has 0 aliphatic rings. The zero-order chi connectivity index (χ0) is 15.9. The topological polar surface area (TPSA) is 73.7 Å². The SMILES string of the molecule is Cc1cccc(NCC(=O)N/N=C/c2cc(I)ccc2O)c1. The molecule has 0 aliphatic carbocycles. The van der Waals surface area contributed by atoms with Crippen LogP contribution in [0.3, 0.4) is 0 Å². The van der Waals surface area contributed by atoms with Gasteiger partial charge in [0.1, 0.15) is 5.75 Å². The van der Waals surface area contributed by atoms with Gasteiger partial charge in [0, 0.05) is 14.8 Å². The number of hydrogen-bond donors (Lipinski definition) is 3. The van der Waals surface area contributed by atoms with Crippen LogP contribution >= 0.6 is 22.6 Å². The van der Waals surface area contributed by atoms with Crippen LogP contribution < -0.4 is 10.7 Å². The zero-order valence-corrected chi connectivity index (χ0v) is 14.2. The molecule has 0 saturated heterocycles.